The van der Waals surface area contributed by atoms with Gasteiger partial charge in [-0.3, -0.25) is 4.90 Å². The first-order chi connectivity index (χ1) is 13.6. The van der Waals surface area contributed by atoms with Crippen molar-refractivity contribution in [2.75, 3.05) is 45.4 Å². The average molecular weight is 383 g/mol. The van der Waals surface area contributed by atoms with Crippen LogP contribution in [0.15, 0.2) is 49.1 Å². The van der Waals surface area contributed by atoms with Crippen molar-refractivity contribution in [3.05, 3.63) is 65.7 Å². The summed E-state index contributed by atoms with van der Waals surface area (Å²) >= 11 is 0. The van der Waals surface area contributed by atoms with Crippen LogP contribution in [0.1, 0.15) is 16.7 Å². The van der Waals surface area contributed by atoms with Crippen LogP contribution in [0.5, 0.6) is 11.5 Å². The van der Waals surface area contributed by atoms with E-state index in [1.165, 1.54) is 11.3 Å². The second-order valence-corrected chi connectivity index (χ2v) is 7.24. The van der Waals surface area contributed by atoms with Gasteiger partial charge in [0.15, 0.2) is 11.5 Å². The highest BCUT2D eigenvalue weighted by Gasteiger charge is 2.14. The predicted molar refractivity (Wildman–Crippen MR) is 113 cm³/mol. The Bertz CT molecular complexity index is 783. The number of morpholine rings is 1. The molecule has 150 valence electrons. The van der Waals surface area contributed by atoms with Crippen LogP contribution in [0.2, 0.25) is 0 Å². The Balaban J connectivity index is 1.65. The van der Waals surface area contributed by atoms with E-state index < -0.39 is 0 Å². The quantitative estimate of drug-likeness (QED) is 0.707. The smallest absolute Gasteiger partial charge is 0.162 e. The van der Waals surface area contributed by atoms with Crippen LogP contribution < -0.4 is 9.64 Å². The summed E-state index contributed by atoms with van der Waals surface area (Å²) in [5.41, 5.74) is 4.44. The number of allylic oxidation sites excluding steroid dienone is 1. The Morgan fingerprint density at radius 3 is 2.50 bits per heavy atom. The highest BCUT2D eigenvalue weighted by atomic mass is 16.5. The molecule has 0 radical (unpaired) electrons. The molecule has 0 aromatic heterocycles. The van der Waals surface area contributed by atoms with Crippen molar-refractivity contribution in [3.8, 4) is 11.5 Å². The number of hydrogen-bond donors (Lipinski definition) is 1. The fourth-order valence-electron chi connectivity index (χ4n) is 3.58. The topological polar surface area (TPSA) is 45.2 Å². The molecule has 2 aromatic carbocycles. The summed E-state index contributed by atoms with van der Waals surface area (Å²) in [6.07, 6.45) is 2.60. The molecular formula is C23H30N2O3. The van der Waals surface area contributed by atoms with E-state index in [4.69, 9.17) is 9.47 Å². The summed E-state index contributed by atoms with van der Waals surface area (Å²) in [5, 5.41) is 10.5. The maximum Gasteiger partial charge on any atom is 0.162 e. The molecule has 3 rings (SSSR count). The molecule has 0 saturated carbocycles. The zero-order valence-corrected chi connectivity index (χ0v) is 16.9. The van der Waals surface area contributed by atoms with Gasteiger partial charge in [0, 0.05) is 37.4 Å². The van der Waals surface area contributed by atoms with Crippen molar-refractivity contribution in [2.45, 2.75) is 19.5 Å². The Hall–Kier alpha value is -2.50. The lowest BCUT2D eigenvalue weighted by Gasteiger charge is -2.29. The first-order valence-electron chi connectivity index (χ1n) is 9.70. The van der Waals surface area contributed by atoms with Gasteiger partial charge in [-0.15, -0.1) is 6.58 Å². The first kappa shape index (κ1) is 20.2. The molecule has 0 aliphatic carbocycles. The monoisotopic (exact) mass is 382 g/mol. The number of ether oxygens (including phenoxy) is 2. The number of anilines is 1. The van der Waals surface area contributed by atoms with Crippen LogP contribution in [-0.2, 0) is 24.2 Å². The molecule has 0 atom stereocenters. The molecular weight excluding hydrogens is 352 g/mol. The van der Waals surface area contributed by atoms with Crippen molar-refractivity contribution in [2.24, 2.45) is 0 Å². The average Bonchev–Trinajstić information content (AvgIpc) is 2.71. The lowest BCUT2D eigenvalue weighted by molar-refractivity contribution is 0.122. The van der Waals surface area contributed by atoms with Gasteiger partial charge < -0.3 is 19.5 Å². The summed E-state index contributed by atoms with van der Waals surface area (Å²) in [4.78, 5) is 4.54. The molecule has 0 unspecified atom stereocenters. The van der Waals surface area contributed by atoms with Gasteiger partial charge in [0.05, 0.1) is 20.3 Å². The van der Waals surface area contributed by atoms with Gasteiger partial charge in [-0.05, 0) is 42.8 Å². The number of nitrogens with zero attached hydrogens (tertiary/aromatic N) is 2. The van der Waals surface area contributed by atoms with Crippen LogP contribution in [0.25, 0.3) is 0 Å². The Labute approximate surface area is 167 Å². The van der Waals surface area contributed by atoms with Crippen molar-refractivity contribution in [1.82, 2.24) is 4.90 Å². The standard InChI is InChI=1S/C23H30N2O3/c1-4-5-19-14-20(23(26)22(15-19)27-3)17-24(2)16-18-6-8-21(9-7-18)25-10-12-28-13-11-25/h4,6-9,14-15,26H,1,5,10-13,16-17H2,2-3H3. The number of phenolic OH excluding ortho intramolecular Hbond substituents is 1. The molecule has 1 saturated heterocycles. The van der Waals surface area contributed by atoms with E-state index in [1.807, 2.05) is 18.2 Å². The van der Waals surface area contributed by atoms with E-state index in [2.05, 4.69) is 47.7 Å². The van der Waals surface area contributed by atoms with Crippen molar-refractivity contribution >= 4 is 5.69 Å². The molecule has 0 amide bonds. The minimum atomic E-state index is 0.213. The molecule has 1 N–H and O–H groups in total. The molecule has 1 heterocycles. The third kappa shape index (κ3) is 5.06. The highest BCUT2D eigenvalue weighted by molar-refractivity contribution is 5.49. The lowest BCUT2D eigenvalue weighted by Crippen LogP contribution is -2.36. The van der Waals surface area contributed by atoms with E-state index >= 15 is 0 Å². The number of rotatable bonds is 8. The normalized spacial score (nSPS) is 14.3. The van der Waals surface area contributed by atoms with Crippen LogP contribution in [0, 0.1) is 0 Å². The third-order valence-corrected chi connectivity index (χ3v) is 5.02. The summed E-state index contributed by atoms with van der Waals surface area (Å²) < 4.78 is 10.7. The molecule has 5 heteroatoms. The van der Waals surface area contributed by atoms with Gasteiger partial charge in [-0.25, -0.2) is 0 Å². The summed E-state index contributed by atoms with van der Waals surface area (Å²) in [6.45, 7) is 8.72. The molecule has 1 aliphatic rings. The molecule has 0 spiro atoms. The van der Waals surface area contributed by atoms with Gasteiger partial charge in [-0.1, -0.05) is 24.3 Å². The fraction of sp³-hybridized carbons (Fsp3) is 0.391. The maximum absolute atomic E-state index is 10.5. The zero-order valence-electron chi connectivity index (χ0n) is 16.9. The highest BCUT2D eigenvalue weighted by Crippen LogP contribution is 2.32. The molecule has 5 nitrogen and oxygen atoms in total. The Kier molecular flexibility index (Phi) is 6.95. The van der Waals surface area contributed by atoms with Gasteiger partial charge in [-0.2, -0.15) is 0 Å². The third-order valence-electron chi connectivity index (χ3n) is 5.02. The van der Waals surface area contributed by atoms with Crippen LogP contribution >= 0.6 is 0 Å². The number of hydrogen-bond acceptors (Lipinski definition) is 5. The Morgan fingerprint density at radius 2 is 1.86 bits per heavy atom. The maximum atomic E-state index is 10.5. The second-order valence-electron chi connectivity index (χ2n) is 7.24. The van der Waals surface area contributed by atoms with Crippen LogP contribution in [-0.4, -0.2) is 50.5 Å². The van der Waals surface area contributed by atoms with Gasteiger partial charge in [0.2, 0.25) is 0 Å². The van der Waals surface area contributed by atoms with Gasteiger partial charge in [0.1, 0.15) is 0 Å². The van der Waals surface area contributed by atoms with Gasteiger partial charge in [0.25, 0.3) is 0 Å². The van der Waals surface area contributed by atoms with Crippen molar-refractivity contribution < 1.29 is 14.6 Å². The van der Waals surface area contributed by atoms with E-state index in [-0.39, 0.29) is 5.75 Å². The van der Waals surface area contributed by atoms with Crippen molar-refractivity contribution in [1.29, 1.82) is 0 Å². The number of benzene rings is 2. The fourth-order valence-corrected chi connectivity index (χ4v) is 3.58. The minimum Gasteiger partial charge on any atom is -0.504 e. The SMILES string of the molecule is C=CCc1cc(CN(C)Cc2ccc(N3CCOCC3)cc2)c(O)c(OC)c1. The van der Waals surface area contributed by atoms with Crippen molar-refractivity contribution in [3.63, 3.8) is 0 Å². The minimum absolute atomic E-state index is 0.213. The van der Waals surface area contributed by atoms with Crippen LogP contribution in [0.3, 0.4) is 0 Å². The van der Waals surface area contributed by atoms with E-state index in [1.54, 1.807) is 7.11 Å². The summed E-state index contributed by atoms with van der Waals surface area (Å²) in [5.74, 6) is 0.724. The van der Waals surface area contributed by atoms with E-state index in [0.29, 0.717) is 12.3 Å². The molecule has 2 aromatic rings. The Morgan fingerprint density at radius 1 is 1.14 bits per heavy atom. The summed E-state index contributed by atoms with van der Waals surface area (Å²) in [6, 6.07) is 12.6. The van der Waals surface area contributed by atoms with E-state index in [0.717, 1.165) is 50.4 Å². The molecule has 0 bridgehead atoms. The molecule has 1 aliphatic heterocycles. The lowest BCUT2D eigenvalue weighted by atomic mass is 10.1. The molecule has 28 heavy (non-hydrogen) atoms. The number of aromatic hydroxyl groups is 1. The zero-order chi connectivity index (χ0) is 19.9. The molecule has 1 fully saturated rings. The van der Waals surface area contributed by atoms with Gasteiger partial charge >= 0.3 is 0 Å². The number of methoxy groups -OCH3 is 1. The second kappa shape index (κ2) is 9.62. The summed E-state index contributed by atoms with van der Waals surface area (Å²) in [7, 11) is 3.64. The predicted octanol–water partition coefficient (Wildman–Crippen LogP) is 3.60. The largest absolute Gasteiger partial charge is 0.504 e. The van der Waals surface area contributed by atoms with E-state index in [9.17, 15) is 5.11 Å². The first-order valence-corrected chi connectivity index (χ1v) is 9.70. The number of phenols is 1. The van der Waals surface area contributed by atoms with Crippen LogP contribution in [0.4, 0.5) is 5.69 Å².